The molecular weight excluding hydrogens is 626 g/mol. The molecule has 10 N–H and O–H groups in total. The minimum absolute atomic E-state index is 0.00395. The average molecular weight is 680 g/mol. The van der Waals surface area contributed by atoms with Gasteiger partial charge in [-0.1, -0.05) is 74.5 Å². The van der Waals surface area contributed by atoms with E-state index in [1.54, 1.807) is 0 Å². The number of benzene rings is 2. The maximum Gasteiger partial charge on any atom is 0.323 e. The van der Waals surface area contributed by atoms with Gasteiger partial charge >= 0.3 is 5.97 Å². The molecule has 0 aliphatic carbocycles. The van der Waals surface area contributed by atoms with Crippen molar-refractivity contribution in [3.63, 3.8) is 0 Å². The maximum absolute atomic E-state index is 13.8. The van der Waals surface area contributed by atoms with E-state index >= 15 is 0 Å². The molecular formula is C36H53N7O6. The second kappa shape index (κ2) is 19.0. The van der Waals surface area contributed by atoms with Crippen LogP contribution in [0.25, 0.3) is 0 Å². The third-order valence-electron chi connectivity index (χ3n) is 8.86. The summed E-state index contributed by atoms with van der Waals surface area (Å²) >= 11 is 0. The van der Waals surface area contributed by atoms with E-state index in [4.69, 9.17) is 17.2 Å². The molecule has 0 radical (unpaired) electrons. The number of aliphatic carboxylic acids is 1. The van der Waals surface area contributed by atoms with E-state index < -0.39 is 53.4 Å². The van der Waals surface area contributed by atoms with Gasteiger partial charge in [0.05, 0.1) is 0 Å². The van der Waals surface area contributed by atoms with Crippen LogP contribution in [0, 0.1) is 5.92 Å². The van der Waals surface area contributed by atoms with Crippen molar-refractivity contribution in [2.75, 3.05) is 19.6 Å². The highest BCUT2D eigenvalue weighted by atomic mass is 16.4. The number of hydrogen-bond acceptors (Lipinski definition) is 8. The van der Waals surface area contributed by atoms with Gasteiger partial charge in [0.15, 0.2) is 0 Å². The number of rotatable bonds is 18. The van der Waals surface area contributed by atoms with Crippen LogP contribution in [-0.2, 0) is 30.4 Å². The number of piperidine rings is 1. The number of hydrogen-bond donors (Lipinski definition) is 7. The van der Waals surface area contributed by atoms with E-state index in [0.717, 1.165) is 11.1 Å². The standard InChI is InChI=1S/C36H53N7O6/c1-24(2)21-29(32(45)41-28(15-9-10-18-37)34(47)43-19-16-36(39,17-20-43)35(48)49)42-33(46)30(22-25-11-5-3-6-12-25)40-31(44)23-27(38)26-13-7-4-8-14-26/h3-8,11-14,24,27-30H,9-10,15-23,37-39H2,1-2H3,(H,40,44)(H,41,45)(H,42,46)(H,48,49)/t27-,28-,29-,30-/m1/s1. The van der Waals surface area contributed by atoms with Gasteiger partial charge in [-0.25, -0.2) is 0 Å². The van der Waals surface area contributed by atoms with E-state index in [9.17, 15) is 29.1 Å². The molecule has 13 heteroatoms. The third-order valence-corrected chi connectivity index (χ3v) is 8.86. The smallest absolute Gasteiger partial charge is 0.323 e. The monoisotopic (exact) mass is 679 g/mol. The fourth-order valence-corrected chi connectivity index (χ4v) is 5.89. The summed E-state index contributed by atoms with van der Waals surface area (Å²) < 4.78 is 0. The summed E-state index contributed by atoms with van der Waals surface area (Å²) in [4.78, 5) is 67.6. The molecule has 2 aromatic carbocycles. The number of likely N-dealkylation sites (tertiary alicyclic amines) is 1. The van der Waals surface area contributed by atoms with Crippen LogP contribution in [0.2, 0.25) is 0 Å². The Morgan fingerprint density at radius 3 is 1.98 bits per heavy atom. The van der Waals surface area contributed by atoms with Crippen molar-refractivity contribution < 1.29 is 29.1 Å². The fourth-order valence-electron chi connectivity index (χ4n) is 5.89. The van der Waals surface area contributed by atoms with Gasteiger partial charge in [-0.15, -0.1) is 0 Å². The summed E-state index contributed by atoms with van der Waals surface area (Å²) in [5, 5.41) is 18.0. The average Bonchev–Trinajstić information content (AvgIpc) is 3.07. The first-order chi connectivity index (χ1) is 23.3. The Balaban J connectivity index is 1.76. The fraction of sp³-hybridized carbons (Fsp3) is 0.528. The first kappa shape index (κ1) is 39.1. The number of nitrogens with zero attached hydrogens (tertiary/aromatic N) is 1. The van der Waals surface area contributed by atoms with Gasteiger partial charge in [0.25, 0.3) is 0 Å². The second-order valence-electron chi connectivity index (χ2n) is 13.4. The van der Waals surface area contributed by atoms with Crippen molar-refractivity contribution in [2.45, 2.75) is 94.9 Å². The Morgan fingerprint density at radius 2 is 1.41 bits per heavy atom. The Bertz CT molecular complexity index is 1380. The lowest BCUT2D eigenvalue weighted by Gasteiger charge is -2.38. The zero-order chi connectivity index (χ0) is 36.0. The number of unbranched alkanes of at least 4 members (excludes halogenated alkanes) is 1. The minimum atomic E-state index is -1.40. The van der Waals surface area contributed by atoms with E-state index in [-0.39, 0.29) is 57.0 Å². The van der Waals surface area contributed by atoms with Crippen molar-refractivity contribution in [3.05, 3.63) is 71.8 Å². The molecule has 1 aliphatic heterocycles. The molecule has 3 rings (SSSR count). The van der Waals surface area contributed by atoms with Crippen molar-refractivity contribution >= 4 is 29.6 Å². The van der Waals surface area contributed by atoms with Gasteiger partial charge in [0, 0.05) is 32.0 Å². The van der Waals surface area contributed by atoms with Gasteiger partial charge in [-0.2, -0.15) is 0 Å². The normalized spacial score (nSPS) is 16.6. The molecule has 4 amide bonds. The van der Waals surface area contributed by atoms with Crippen LogP contribution in [0.15, 0.2) is 60.7 Å². The number of carboxylic acid groups (broad SMARTS) is 1. The number of nitrogens with two attached hydrogens (primary N) is 3. The zero-order valence-electron chi connectivity index (χ0n) is 28.6. The Kier molecular flexibility index (Phi) is 15.2. The molecule has 49 heavy (non-hydrogen) atoms. The highest BCUT2D eigenvalue weighted by molar-refractivity contribution is 5.94. The van der Waals surface area contributed by atoms with E-state index in [1.165, 1.54) is 4.90 Å². The molecule has 268 valence electrons. The van der Waals surface area contributed by atoms with Crippen LogP contribution >= 0.6 is 0 Å². The molecule has 0 unspecified atom stereocenters. The van der Waals surface area contributed by atoms with Crippen LogP contribution in [-0.4, -0.2) is 82.9 Å². The summed E-state index contributed by atoms with van der Waals surface area (Å²) in [5.74, 6) is -2.92. The molecule has 0 saturated carbocycles. The third kappa shape index (κ3) is 12.3. The van der Waals surface area contributed by atoms with E-state index in [2.05, 4.69) is 16.0 Å². The molecule has 1 saturated heterocycles. The van der Waals surface area contributed by atoms with Crippen molar-refractivity contribution in [1.29, 1.82) is 0 Å². The number of carboxylic acids is 1. The van der Waals surface area contributed by atoms with Gasteiger partial charge < -0.3 is 43.2 Å². The lowest BCUT2D eigenvalue weighted by molar-refractivity contribution is -0.148. The number of nitrogens with one attached hydrogen (secondary N) is 3. The zero-order valence-corrected chi connectivity index (χ0v) is 28.6. The quantitative estimate of drug-likeness (QED) is 0.113. The Labute approximate surface area is 288 Å². The van der Waals surface area contributed by atoms with Crippen LogP contribution < -0.4 is 33.2 Å². The summed E-state index contributed by atoms with van der Waals surface area (Å²) in [6, 6.07) is 15.0. The number of amides is 4. The Morgan fingerprint density at radius 1 is 0.837 bits per heavy atom. The predicted octanol–water partition coefficient (Wildman–Crippen LogP) is 1.35. The lowest BCUT2D eigenvalue weighted by atomic mass is 9.88. The summed E-state index contributed by atoms with van der Waals surface area (Å²) in [5.41, 5.74) is 18.2. The van der Waals surface area contributed by atoms with E-state index in [0.29, 0.717) is 25.8 Å². The molecule has 13 nitrogen and oxygen atoms in total. The topological polar surface area (TPSA) is 223 Å². The SMILES string of the molecule is CC(C)C[C@@H](NC(=O)[C@@H](Cc1ccccc1)NC(=O)C[C@@H](N)c1ccccc1)C(=O)N[C@H](CCCCN)C(=O)N1CCC(N)(C(=O)O)CC1. The molecule has 0 bridgehead atoms. The lowest BCUT2D eigenvalue weighted by Crippen LogP contribution is -2.60. The van der Waals surface area contributed by atoms with Gasteiger partial charge in [0.1, 0.15) is 23.7 Å². The molecule has 1 aliphatic rings. The first-order valence-electron chi connectivity index (χ1n) is 17.1. The number of carbonyl (C=O) groups excluding carboxylic acids is 4. The molecule has 1 fully saturated rings. The van der Waals surface area contributed by atoms with E-state index in [1.807, 2.05) is 74.5 Å². The van der Waals surface area contributed by atoms with Crippen LogP contribution in [0.4, 0.5) is 0 Å². The van der Waals surface area contributed by atoms with Crippen molar-refractivity contribution in [3.8, 4) is 0 Å². The molecule has 1 heterocycles. The van der Waals surface area contributed by atoms with Crippen molar-refractivity contribution in [2.24, 2.45) is 23.1 Å². The van der Waals surface area contributed by atoms with Crippen molar-refractivity contribution in [1.82, 2.24) is 20.9 Å². The van der Waals surface area contributed by atoms with Gasteiger partial charge in [0.2, 0.25) is 23.6 Å². The summed E-state index contributed by atoms with van der Waals surface area (Å²) in [7, 11) is 0. The van der Waals surface area contributed by atoms with Crippen LogP contribution in [0.1, 0.15) is 76.0 Å². The van der Waals surface area contributed by atoms with Gasteiger partial charge in [-0.3, -0.25) is 24.0 Å². The molecule has 4 atom stereocenters. The van der Waals surface area contributed by atoms with Gasteiger partial charge in [-0.05, 0) is 62.1 Å². The molecule has 0 aromatic heterocycles. The summed E-state index contributed by atoms with van der Waals surface area (Å²) in [6.07, 6.45) is 2.15. The highest BCUT2D eigenvalue weighted by Gasteiger charge is 2.40. The second-order valence-corrected chi connectivity index (χ2v) is 13.4. The minimum Gasteiger partial charge on any atom is -0.480 e. The van der Waals surface area contributed by atoms with Crippen LogP contribution in [0.5, 0.6) is 0 Å². The first-order valence-corrected chi connectivity index (χ1v) is 17.1. The summed E-state index contributed by atoms with van der Waals surface area (Å²) in [6.45, 7) is 4.54. The largest absolute Gasteiger partial charge is 0.480 e. The highest BCUT2D eigenvalue weighted by Crippen LogP contribution is 2.21. The maximum atomic E-state index is 13.8. The Hall–Kier alpha value is -4.33. The number of carbonyl (C=O) groups is 5. The predicted molar refractivity (Wildman–Crippen MR) is 187 cm³/mol. The molecule has 2 aromatic rings. The van der Waals surface area contributed by atoms with Crippen LogP contribution in [0.3, 0.4) is 0 Å². The molecule has 0 spiro atoms.